The van der Waals surface area contributed by atoms with Gasteiger partial charge in [0.1, 0.15) is 22.8 Å². The Morgan fingerprint density at radius 1 is 1.06 bits per heavy atom. The number of amides is 2. The number of carbonyl (C=O) groups excluding carboxylic acids is 2. The Hall–Kier alpha value is -4.14. The molecule has 0 aliphatic rings. The van der Waals surface area contributed by atoms with Gasteiger partial charge in [0.2, 0.25) is 5.91 Å². The minimum atomic E-state index is -0.789. The highest BCUT2D eigenvalue weighted by Gasteiger charge is 2.22. The average Bonchev–Trinajstić information content (AvgIpc) is 3.15. The van der Waals surface area contributed by atoms with Gasteiger partial charge in [-0.1, -0.05) is 38.1 Å². The number of fused-ring (bicyclic) bond motifs is 1. The van der Waals surface area contributed by atoms with Crippen molar-refractivity contribution >= 4 is 28.4 Å². The number of carbonyl (C=O) groups is 2. The molecular weight excluding hydrogens is 440 g/mol. The first-order valence-corrected chi connectivity index (χ1v) is 10.9. The fourth-order valence-electron chi connectivity index (χ4n) is 3.91. The fraction of sp³-hybridized carbons (Fsp3) is 0.200. The summed E-state index contributed by atoms with van der Waals surface area (Å²) >= 11 is 0. The van der Waals surface area contributed by atoms with Crippen molar-refractivity contribution in [2.24, 2.45) is 5.73 Å². The van der Waals surface area contributed by atoms with E-state index in [4.69, 9.17) is 5.73 Å². The van der Waals surface area contributed by atoms with Gasteiger partial charge in [-0.3, -0.25) is 14.3 Å². The van der Waals surface area contributed by atoms with Crippen molar-refractivity contribution in [3.8, 4) is 0 Å². The van der Waals surface area contributed by atoms with E-state index in [0.717, 1.165) is 11.3 Å². The molecule has 34 heavy (non-hydrogen) atoms. The summed E-state index contributed by atoms with van der Waals surface area (Å²) in [5, 5.41) is 7.71. The van der Waals surface area contributed by atoms with Crippen LogP contribution in [-0.2, 0) is 19.4 Å². The number of halogens is 2. The van der Waals surface area contributed by atoms with Crippen LogP contribution in [0.3, 0.4) is 0 Å². The number of nitrogens with zero attached hydrogens (tertiary/aromatic N) is 3. The molecule has 0 saturated heterocycles. The van der Waals surface area contributed by atoms with Crippen LogP contribution in [-0.4, -0.2) is 26.6 Å². The lowest BCUT2D eigenvalue weighted by molar-refractivity contribution is 0.100. The highest BCUT2D eigenvalue weighted by Crippen LogP contribution is 2.26. The zero-order chi connectivity index (χ0) is 24.4. The number of benzene rings is 2. The Kier molecular flexibility index (Phi) is 6.36. The first kappa shape index (κ1) is 23.0. The monoisotopic (exact) mass is 463 g/mol. The molecular formula is C25H23F2N5O2. The number of hydrogen-bond donors (Lipinski definition) is 2. The third-order valence-corrected chi connectivity index (χ3v) is 5.57. The largest absolute Gasteiger partial charge is 0.366 e. The Labute approximate surface area is 194 Å². The van der Waals surface area contributed by atoms with Gasteiger partial charge < -0.3 is 11.1 Å². The fourth-order valence-corrected chi connectivity index (χ4v) is 3.91. The third kappa shape index (κ3) is 4.36. The Balaban J connectivity index is 1.72. The number of rotatable bonds is 7. The van der Waals surface area contributed by atoms with E-state index in [1.54, 1.807) is 16.8 Å². The minimum absolute atomic E-state index is 0.00749. The van der Waals surface area contributed by atoms with Crippen LogP contribution >= 0.6 is 0 Å². The lowest BCUT2D eigenvalue weighted by Gasteiger charge is -2.11. The third-order valence-electron chi connectivity index (χ3n) is 5.57. The minimum Gasteiger partial charge on any atom is -0.366 e. The standard InChI is InChI=1S/C25H23F2N5O2/c1-3-19-23(21(4-2)32(31-19)13-14-8-10-15(26)11-9-14)30-25(34)20-12-17(24(28)33)16-6-5-7-18(27)22(16)29-20/h5-12H,3-4,13H2,1-2H3,(H2,28,33)(H,30,34). The van der Waals surface area contributed by atoms with Gasteiger partial charge in [-0.25, -0.2) is 13.8 Å². The summed E-state index contributed by atoms with van der Waals surface area (Å²) < 4.78 is 29.4. The number of primary amides is 1. The van der Waals surface area contributed by atoms with Crippen molar-refractivity contribution in [3.05, 3.63) is 88.4 Å². The molecule has 0 aliphatic heterocycles. The molecule has 2 heterocycles. The highest BCUT2D eigenvalue weighted by atomic mass is 19.1. The van der Waals surface area contributed by atoms with Crippen LogP contribution in [0.5, 0.6) is 0 Å². The second kappa shape index (κ2) is 9.38. The topological polar surface area (TPSA) is 103 Å². The van der Waals surface area contributed by atoms with Crippen molar-refractivity contribution in [3.63, 3.8) is 0 Å². The van der Waals surface area contributed by atoms with Crippen LogP contribution in [0.4, 0.5) is 14.5 Å². The van der Waals surface area contributed by atoms with E-state index in [-0.39, 0.29) is 28.0 Å². The number of hydrogen-bond acceptors (Lipinski definition) is 4. The molecule has 0 unspecified atom stereocenters. The second-order valence-electron chi connectivity index (χ2n) is 7.77. The van der Waals surface area contributed by atoms with Gasteiger partial charge in [0.25, 0.3) is 5.91 Å². The molecule has 174 valence electrons. The zero-order valence-electron chi connectivity index (χ0n) is 18.7. The summed E-state index contributed by atoms with van der Waals surface area (Å²) in [6, 6.07) is 11.6. The van der Waals surface area contributed by atoms with Crippen molar-refractivity contribution in [1.29, 1.82) is 0 Å². The van der Waals surface area contributed by atoms with E-state index in [0.29, 0.717) is 30.8 Å². The maximum absolute atomic E-state index is 14.4. The van der Waals surface area contributed by atoms with Gasteiger partial charge in [0, 0.05) is 5.39 Å². The van der Waals surface area contributed by atoms with Gasteiger partial charge >= 0.3 is 0 Å². The van der Waals surface area contributed by atoms with Gasteiger partial charge in [-0.15, -0.1) is 0 Å². The molecule has 0 atom stereocenters. The molecule has 0 aliphatic carbocycles. The molecule has 2 aromatic carbocycles. The molecule has 2 amide bonds. The molecule has 9 heteroatoms. The molecule has 7 nitrogen and oxygen atoms in total. The summed E-state index contributed by atoms with van der Waals surface area (Å²) in [4.78, 5) is 29.3. The van der Waals surface area contributed by atoms with Crippen molar-refractivity contribution in [2.75, 3.05) is 5.32 Å². The zero-order valence-corrected chi connectivity index (χ0v) is 18.7. The summed E-state index contributed by atoms with van der Waals surface area (Å²) in [6.45, 7) is 4.24. The summed E-state index contributed by atoms with van der Waals surface area (Å²) in [6.07, 6.45) is 1.11. The summed E-state index contributed by atoms with van der Waals surface area (Å²) in [7, 11) is 0. The predicted molar refractivity (Wildman–Crippen MR) is 125 cm³/mol. The van der Waals surface area contributed by atoms with Crippen molar-refractivity contribution in [1.82, 2.24) is 14.8 Å². The molecule has 0 spiro atoms. The van der Waals surface area contributed by atoms with Gasteiger partial charge in [0.05, 0.1) is 29.2 Å². The molecule has 3 N–H and O–H groups in total. The van der Waals surface area contributed by atoms with Crippen molar-refractivity contribution in [2.45, 2.75) is 33.2 Å². The first-order chi connectivity index (χ1) is 16.3. The van der Waals surface area contributed by atoms with E-state index >= 15 is 0 Å². The van der Waals surface area contributed by atoms with Crippen molar-refractivity contribution < 1.29 is 18.4 Å². The molecule has 4 aromatic rings. The molecule has 0 fully saturated rings. The molecule has 0 bridgehead atoms. The normalized spacial score (nSPS) is 11.1. The van der Waals surface area contributed by atoms with Gasteiger partial charge in [-0.2, -0.15) is 5.10 Å². The smallest absolute Gasteiger partial charge is 0.274 e. The van der Waals surface area contributed by atoms with Crippen LogP contribution in [0.15, 0.2) is 48.5 Å². The lowest BCUT2D eigenvalue weighted by Crippen LogP contribution is -2.19. The van der Waals surface area contributed by atoms with Crippen LogP contribution < -0.4 is 11.1 Å². The highest BCUT2D eigenvalue weighted by molar-refractivity contribution is 6.10. The number of nitrogens with two attached hydrogens (primary N) is 1. The van der Waals surface area contributed by atoms with Crippen LogP contribution in [0.25, 0.3) is 10.9 Å². The van der Waals surface area contributed by atoms with Crippen LogP contribution in [0.2, 0.25) is 0 Å². The van der Waals surface area contributed by atoms with Gasteiger partial charge in [0.15, 0.2) is 0 Å². The SMILES string of the molecule is CCc1nn(Cc2ccc(F)cc2)c(CC)c1NC(=O)c1cc(C(N)=O)c2cccc(F)c2n1. The lowest BCUT2D eigenvalue weighted by atomic mass is 10.1. The maximum Gasteiger partial charge on any atom is 0.274 e. The number of para-hydroxylation sites is 1. The maximum atomic E-state index is 14.4. The van der Waals surface area contributed by atoms with E-state index in [1.165, 1.54) is 36.4 Å². The van der Waals surface area contributed by atoms with E-state index in [9.17, 15) is 18.4 Å². The van der Waals surface area contributed by atoms with E-state index in [1.807, 2.05) is 13.8 Å². The number of aromatic nitrogens is 3. The number of nitrogens with one attached hydrogen (secondary N) is 1. The molecule has 0 radical (unpaired) electrons. The van der Waals surface area contributed by atoms with Crippen LogP contribution in [0.1, 0.15) is 51.6 Å². The Morgan fingerprint density at radius 3 is 2.44 bits per heavy atom. The number of anilines is 1. The number of aryl methyl sites for hydroxylation is 1. The Bertz CT molecular complexity index is 1400. The first-order valence-electron chi connectivity index (χ1n) is 10.9. The molecule has 2 aromatic heterocycles. The average molecular weight is 463 g/mol. The predicted octanol–water partition coefficient (Wildman–Crippen LogP) is 4.23. The molecule has 0 saturated carbocycles. The van der Waals surface area contributed by atoms with E-state index in [2.05, 4.69) is 15.4 Å². The Morgan fingerprint density at radius 2 is 1.79 bits per heavy atom. The number of pyridine rings is 1. The van der Waals surface area contributed by atoms with E-state index < -0.39 is 17.6 Å². The quantitative estimate of drug-likeness (QED) is 0.428. The van der Waals surface area contributed by atoms with Crippen LogP contribution in [0, 0.1) is 11.6 Å². The molecule has 4 rings (SSSR count). The second-order valence-corrected chi connectivity index (χ2v) is 7.77. The summed E-state index contributed by atoms with van der Waals surface area (Å²) in [5.74, 6) is -2.39. The van der Waals surface area contributed by atoms with Gasteiger partial charge in [-0.05, 0) is 42.7 Å². The summed E-state index contributed by atoms with van der Waals surface area (Å²) in [5.41, 5.74) is 8.06.